The van der Waals surface area contributed by atoms with Gasteiger partial charge in [0.2, 0.25) is 11.7 Å². The van der Waals surface area contributed by atoms with Crippen LogP contribution in [0.2, 0.25) is 0 Å². The number of benzene rings is 1. The molecule has 5 aromatic rings. The Bertz CT molecular complexity index is 1510. The van der Waals surface area contributed by atoms with Crippen molar-refractivity contribution < 1.29 is 4.52 Å². The number of aromatic amines is 1. The van der Waals surface area contributed by atoms with E-state index in [4.69, 9.17) is 4.52 Å². The first-order valence-corrected chi connectivity index (χ1v) is 12.3. The molecular formula is C24H26BrN7O2. The van der Waals surface area contributed by atoms with E-state index < -0.39 is 0 Å². The third-order valence-electron chi connectivity index (χ3n) is 5.93. The molecule has 0 unspecified atom stereocenters. The molecule has 176 valence electrons. The summed E-state index contributed by atoms with van der Waals surface area (Å²) in [5, 5.41) is 12.8. The molecule has 0 fully saturated rings. The molecule has 0 amide bonds. The molecule has 0 saturated heterocycles. The van der Waals surface area contributed by atoms with Gasteiger partial charge in [-0.2, -0.15) is 4.98 Å². The van der Waals surface area contributed by atoms with Crippen molar-refractivity contribution >= 4 is 32.7 Å². The van der Waals surface area contributed by atoms with Gasteiger partial charge in [0, 0.05) is 25.8 Å². The van der Waals surface area contributed by atoms with E-state index in [-0.39, 0.29) is 5.56 Å². The molecule has 0 aliphatic rings. The van der Waals surface area contributed by atoms with Crippen LogP contribution >= 0.6 is 15.9 Å². The Morgan fingerprint density at radius 3 is 2.85 bits per heavy atom. The molecule has 0 aliphatic heterocycles. The minimum Gasteiger partial charge on any atom is -0.343 e. The summed E-state index contributed by atoms with van der Waals surface area (Å²) in [4.78, 5) is 20.9. The molecule has 5 rings (SSSR count). The second-order valence-electron chi connectivity index (χ2n) is 8.56. The minimum absolute atomic E-state index is 0.159. The molecule has 10 heteroatoms. The zero-order valence-corrected chi connectivity index (χ0v) is 20.8. The van der Waals surface area contributed by atoms with Crippen LogP contribution < -0.4 is 5.56 Å². The van der Waals surface area contributed by atoms with Gasteiger partial charge in [0.25, 0.3) is 5.56 Å². The van der Waals surface area contributed by atoms with Crippen molar-refractivity contribution in [3.05, 3.63) is 74.0 Å². The maximum atomic E-state index is 13.3. The number of aryl methyl sites for hydroxylation is 4. The third kappa shape index (κ3) is 4.42. The maximum absolute atomic E-state index is 13.3. The highest BCUT2D eigenvalue weighted by Gasteiger charge is 2.19. The maximum Gasteiger partial charge on any atom is 0.284 e. The summed E-state index contributed by atoms with van der Waals surface area (Å²) in [7, 11) is 0. The van der Waals surface area contributed by atoms with Gasteiger partial charge < -0.3 is 14.1 Å². The monoisotopic (exact) mass is 523 g/mol. The lowest BCUT2D eigenvalue weighted by molar-refractivity contribution is 0.373. The second-order valence-corrected chi connectivity index (χ2v) is 9.42. The van der Waals surface area contributed by atoms with Crippen LogP contribution in [-0.2, 0) is 25.8 Å². The van der Waals surface area contributed by atoms with Crippen molar-refractivity contribution in [2.45, 2.75) is 58.9 Å². The van der Waals surface area contributed by atoms with Crippen molar-refractivity contribution in [3.63, 3.8) is 0 Å². The number of hydrogen-bond acceptors (Lipinski definition) is 6. The summed E-state index contributed by atoms with van der Waals surface area (Å²) in [5.41, 5.74) is 3.55. The number of nitrogens with one attached hydrogen (secondary N) is 1. The van der Waals surface area contributed by atoms with E-state index >= 15 is 0 Å². The number of unbranched alkanes of at least 4 members (excludes halogenated alkanes) is 2. The molecule has 0 aliphatic carbocycles. The Morgan fingerprint density at radius 1 is 1.15 bits per heavy atom. The Hall–Kier alpha value is -3.27. The third-order valence-corrected chi connectivity index (χ3v) is 6.36. The van der Waals surface area contributed by atoms with E-state index in [1.165, 1.54) is 5.56 Å². The van der Waals surface area contributed by atoms with E-state index in [9.17, 15) is 4.79 Å². The Labute approximate surface area is 204 Å². The SMILES string of the molecule is CCCCCn1c2cc(Br)[nH]c2c(=O)n2c(CCc3nc(Cc4cccc(C)c4)no3)nnc12. The number of halogens is 1. The molecule has 0 spiro atoms. The van der Waals surface area contributed by atoms with Crippen LogP contribution in [0, 0.1) is 6.92 Å². The van der Waals surface area contributed by atoms with Gasteiger partial charge in [-0.1, -0.05) is 54.8 Å². The van der Waals surface area contributed by atoms with Crippen LogP contribution in [0.3, 0.4) is 0 Å². The van der Waals surface area contributed by atoms with Crippen molar-refractivity contribution in [1.82, 2.24) is 34.3 Å². The number of rotatable bonds is 9. The van der Waals surface area contributed by atoms with Gasteiger partial charge >= 0.3 is 0 Å². The predicted molar refractivity (Wildman–Crippen MR) is 132 cm³/mol. The fraction of sp³-hybridized carbons (Fsp3) is 0.375. The number of nitrogens with zero attached hydrogens (tertiary/aromatic N) is 6. The minimum atomic E-state index is -0.159. The highest BCUT2D eigenvalue weighted by Crippen LogP contribution is 2.20. The molecular weight excluding hydrogens is 498 g/mol. The molecule has 1 N–H and O–H groups in total. The van der Waals surface area contributed by atoms with Gasteiger partial charge in [0.1, 0.15) is 11.3 Å². The summed E-state index contributed by atoms with van der Waals surface area (Å²) >= 11 is 3.46. The van der Waals surface area contributed by atoms with E-state index in [0.717, 1.165) is 41.5 Å². The molecule has 0 atom stereocenters. The van der Waals surface area contributed by atoms with E-state index in [2.05, 4.69) is 77.9 Å². The lowest BCUT2D eigenvalue weighted by Crippen LogP contribution is -2.21. The number of aromatic nitrogens is 7. The summed E-state index contributed by atoms with van der Waals surface area (Å²) in [6.07, 6.45) is 4.77. The first-order chi connectivity index (χ1) is 16.5. The Balaban J connectivity index is 1.40. The van der Waals surface area contributed by atoms with Crippen LogP contribution in [0.1, 0.15) is 54.9 Å². The van der Waals surface area contributed by atoms with Gasteiger partial charge in [-0.05, 0) is 40.9 Å². The van der Waals surface area contributed by atoms with Gasteiger partial charge in [0.05, 0.1) is 10.1 Å². The second kappa shape index (κ2) is 9.54. The molecule has 1 aromatic carbocycles. The van der Waals surface area contributed by atoms with Crippen molar-refractivity contribution in [1.29, 1.82) is 0 Å². The van der Waals surface area contributed by atoms with Crippen LogP contribution in [-0.4, -0.2) is 34.3 Å². The van der Waals surface area contributed by atoms with E-state index in [0.29, 0.717) is 48.1 Å². The fourth-order valence-corrected chi connectivity index (χ4v) is 4.70. The zero-order chi connectivity index (χ0) is 23.7. The Morgan fingerprint density at radius 2 is 2.03 bits per heavy atom. The van der Waals surface area contributed by atoms with Crippen LogP contribution in [0.5, 0.6) is 0 Å². The van der Waals surface area contributed by atoms with Crippen LogP contribution in [0.4, 0.5) is 0 Å². The van der Waals surface area contributed by atoms with Gasteiger partial charge in [-0.25, -0.2) is 4.40 Å². The highest BCUT2D eigenvalue weighted by molar-refractivity contribution is 9.10. The average Bonchev–Trinajstić information content (AvgIpc) is 3.53. The summed E-state index contributed by atoms with van der Waals surface area (Å²) in [5.74, 6) is 2.30. The summed E-state index contributed by atoms with van der Waals surface area (Å²) in [6.45, 7) is 5.00. The number of hydrogen-bond donors (Lipinski definition) is 1. The Kier molecular flexibility index (Phi) is 6.32. The lowest BCUT2D eigenvalue weighted by Gasteiger charge is -2.10. The molecule has 0 bridgehead atoms. The van der Waals surface area contributed by atoms with Crippen LogP contribution in [0.15, 0.2) is 44.3 Å². The highest BCUT2D eigenvalue weighted by atomic mass is 79.9. The topological polar surface area (TPSA) is 107 Å². The van der Waals surface area contributed by atoms with E-state index in [1.807, 2.05) is 12.1 Å². The zero-order valence-electron chi connectivity index (χ0n) is 19.2. The van der Waals surface area contributed by atoms with Crippen molar-refractivity contribution in [2.24, 2.45) is 0 Å². The standard InChI is InChI=1S/C24H26BrN7O2/c1-3-4-5-11-31-17-14-18(25)26-22(17)23(33)32-20(28-29-24(31)32)9-10-21-27-19(30-34-21)13-16-8-6-7-15(2)12-16/h6-8,12,14,26H,3-5,9-11,13H2,1-2H3. The normalized spacial score (nSPS) is 11.7. The smallest absolute Gasteiger partial charge is 0.284 e. The first kappa shape index (κ1) is 22.5. The number of H-pyrrole nitrogens is 1. The summed E-state index contributed by atoms with van der Waals surface area (Å²) < 4.78 is 9.88. The molecule has 34 heavy (non-hydrogen) atoms. The molecule has 4 heterocycles. The summed E-state index contributed by atoms with van der Waals surface area (Å²) in [6, 6.07) is 10.2. The fourth-order valence-electron chi connectivity index (χ4n) is 4.29. The average molecular weight is 524 g/mol. The molecule has 4 aromatic heterocycles. The van der Waals surface area contributed by atoms with E-state index in [1.54, 1.807) is 4.40 Å². The van der Waals surface area contributed by atoms with Gasteiger partial charge in [0.15, 0.2) is 5.82 Å². The van der Waals surface area contributed by atoms with Gasteiger partial charge in [-0.15, -0.1) is 10.2 Å². The molecule has 0 saturated carbocycles. The largest absolute Gasteiger partial charge is 0.343 e. The van der Waals surface area contributed by atoms with Crippen LogP contribution in [0.25, 0.3) is 16.8 Å². The van der Waals surface area contributed by atoms with Crippen molar-refractivity contribution in [3.8, 4) is 0 Å². The molecule has 0 radical (unpaired) electrons. The first-order valence-electron chi connectivity index (χ1n) is 11.6. The lowest BCUT2D eigenvalue weighted by atomic mass is 10.1. The predicted octanol–water partition coefficient (Wildman–Crippen LogP) is 4.39. The van der Waals surface area contributed by atoms with Gasteiger partial charge in [-0.3, -0.25) is 4.79 Å². The van der Waals surface area contributed by atoms with Crippen molar-refractivity contribution in [2.75, 3.05) is 0 Å². The number of fused-ring (bicyclic) bond motifs is 2. The quantitative estimate of drug-likeness (QED) is 0.287. The molecule has 9 nitrogen and oxygen atoms in total.